The molecule has 1 aromatic carbocycles. The molecule has 19 heavy (non-hydrogen) atoms. The molecule has 0 spiro atoms. The van der Waals surface area contributed by atoms with Crippen LogP contribution in [0.5, 0.6) is 0 Å². The van der Waals surface area contributed by atoms with Crippen LogP contribution in [0, 0.1) is 12.8 Å². The summed E-state index contributed by atoms with van der Waals surface area (Å²) in [4.78, 5) is 2.56. The third-order valence-corrected chi connectivity index (χ3v) is 4.89. The van der Waals surface area contributed by atoms with E-state index in [-0.39, 0.29) is 0 Å². The van der Waals surface area contributed by atoms with Crippen molar-refractivity contribution >= 4 is 21.6 Å². The van der Waals surface area contributed by atoms with Gasteiger partial charge in [0.05, 0.1) is 0 Å². The third-order valence-electron chi connectivity index (χ3n) is 4.40. The van der Waals surface area contributed by atoms with Crippen LogP contribution < -0.4 is 10.2 Å². The summed E-state index contributed by atoms with van der Waals surface area (Å²) in [7, 11) is 0. The number of halogens is 1. The zero-order chi connectivity index (χ0) is 14.0. The van der Waals surface area contributed by atoms with Crippen LogP contribution in [0.25, 0.3) is 0 Å². The fourth-order valence-corrected chi connectivity index (χ4v) is 3.31. The summed E-state index contributed by atoms with van der Waals surface area (Å²) in [5.41, 5.74) is 2.73. The van der Waals surface area contributed by atoms with Crippen molar-refractivity contribution in [2.24, 2.45) is 5.92 Å². The van der Waals surface area contributed by atoms with Crippen molar-refractivity contribution in [3.63, 3.8) is 0 Å². The van der Waals surface area contributed by atoms with Crippen LogP contribution >= 0.6 is 15.9 Å². The number of hydrogen-bond acceptors (Lipinski definition) is 2. The van der Waals surface area contributed by atoms with E-state index in [0.717, 1.165) is 23.5 Å². The van der Waals surface area contributed by atoms with Gasteiger partial charge >= 0.3 is 0 Å². The SMILES string of the molecule is CCC(C)C1CN(c2ccc(Br)cc2C)C(C)CN1. The fraction of sp³-hybridized carbons (Fsp3) is 0.625. The number of aryl methyl sites for hydroxylation is 1. The van der Waals surface area contributed by atoms with Gasteiger partial charge in [-0.2, -0.15) is 0 Å². The Balaban J connectivity index is 2.21. The first-order chi connectivity index (χ1) is 9.02. The lowest BCUT2D eigenvalue weighted by Gasteiger charge is -2.43. The number of hydrogen-bond donors (Lipinski definition) is 1. The van der Waals surface area contributed by atoms with E-state index < -0.39 is 0 Å². The molecule has 2 rings (SSSR count). The summed E-state index contributed by atoms with van der Waals surface area (Å²) in [5.74, 6) is 0.728. The van der Waals surface area contributed by atoms with Crippen LogP contribution in [0.3, 0.4) is 0 Å². The van der Waals surface area contributed by atoms with Crippen LogP contribution in [0.1, 0.15) is 32.8 Å². The number of anilines is 1. The predicted octanol–water partition coefficient (Wildman–Crippen LogP) is 3.97. The van der Waals surface area contributed by atoms with E-state index in [1.807, 2.05) is 0 Å². The molecule has 106 valence electrons. The van der Waals surface area contributed by atoms with Crippen LogP contribution in [0.2, 0.25) is 0 Å². The highest BCUT2D eigenvalue weighted by Gasteiger charge is 2.28. The summed E-state index contributed by atoms with van der Waals surface area (Å²) in [6, 6.07) is 7.76. The Morgan fingerprint density at radius 3 is 2.84 bits per heavy atom. The van der Waals surface area contributed by atoms with Gasteiger partial charge in [-0.15, -0.1) is 0 Å². The van der Waals surface area contributed by atoms with Crippen LogP contribution in [0.4, 0.5) is 5.69 Å². The Bertz CT molecular complexity index is 433. The Hall–Kier alpha value is -0.540. The fourth-order valence-electron chi connectivity index (χ4n) is 2.83. The van der Waals surface area contributed by atoms with Gasteiger partial charge in [-0.05, 0) is 43.5 Å². The smallest absolute Gasteiger partial charge is 0.0400 e. The first-order valence-corrected chi connectivity index (χ1v) is 8.08. The van der Waals surface area contributed by atoms with Gasteiger partial charge in [0, 0.05) is 35.3 Å². The maximum atomic E-state index is 3.70. The van der Waals surface area contributed by atoms with Gasteiger partial charge < -0.3 is 10.2 Å². The Morgan fingerprint density at radius 2 is 2.21 bits per heavy atom. The Kier molecular flexibility index (Phi) is 4.91. The molecular formula is C16H25BrN2. The zero-order valence-electron chi connectivity index (χ0n) is 12.4. The highest BCUT2D eigenvalue weighted by Crippen LogP contribution is 2.28. The standard InChI is InChI=1S/C16H25BrN2/c1-5-11(2)15-10-19(13(4)9-18-15)16-7-6-14(17)8-12(16)3/h6-8,11,13,15,18H,5,9-10H2,1-4H3. The number of piperazine rings is 1. The molecule has 0 aromatic heterocycles. The molecule has 1 aliphatic rings. The molecule has 0 saturated carbocycles. The molecule has 1 fully saturated rings. The monoisotopic (exact) mass is 324 g/mol. The van der Waals surface area contributed by atoms with Crippen molar-refractivity contribution in [2.45, 2.75) is 46.2 Å². The molecule has 0 amide bonds. The second-order valence-corrected chi connectivity index (χ2v) is 6.75. The normalized spacial score (nSPS) is 25.4. The Morgan fingerprint density at radius 1 is 1.47 bits per heavy atom. The van der Waals surface area contributed by atoms with Crippen molar-refractivity contribution in [3.05, 3.63) is 28.2 Å². The number of benzene rings is 1. The van der Waals surface area contributed by atoms with E-state index in [9.17, 15) is 0 Å². The van der Waals surface area contributed by atoms with Gasteiger partial charge in [0.2, 0.25) is 0 Å². The van der Waals surface area contributed by atoms with Gasteiger partial charge in [-0.1, -0.05) is 36.2 Å². The van der Waals surface area contributed by atoms with E-state index in [1.165, 1.54) is 17.7 Å². The van der Waals surface area contributed by atoms with Gasteiger partial charge in [0.15, 0.2) is 0 Å². The number of rotatable bonds is 3. The minimum atomic E-state index is 0.556. The molecule has 1 aliphatic heterocycles. The molecule has 0 aliphatic carbocycles. The summed E-state index contributed by atoms with van der Waals surface area (Å²) < 4.78 is 1.16. The van der Waals surface area contributed by atoms with Crippen molar-refractivity contribution in [2.75, 3.05) is 18.0 Å². The van der Waals surface area contributed by atoms with E-state index in [2.05, 4.69) is 72.0 Å². The van der Waals surface area contributed by atoms with Crippen molar-refractivity contribution in [1.82, 2.24) is 5.32 Å². The second-order valence-electron chi connectivity index (χ2n) is 5.83. The van der Waals surface area contributed by atoms with Gasteiger partial charge in [0.25, 0.3) is 0 Å². The molecule has 0 bridgehead atoms. The second kappa shape index (κ2) is 6.27. The highest BCUT2D eigenvalue weighted by atomic mass is 79.9. The molecule has 2 nitrogen and oxygen atoms in total. The summed E-state index contributed by atoms with van der Waals surface area (Å²) in [5, 5.41) is 3.70. The maximum absolute atomic E-state index is 3.70. The van der Waals surface area contributed by atoms with E-state index in [0.29, 0.717) is 12.1 Å². The molecule has 1 heterocycles. The third kappa shape index (κ3) is 3.32. The minimum Gasteiger partial charge on any atom is -0.366 e. The minimum absolute atomic E-state index is 0.556. The lowest BCUT2D eigenvalue weighted by Crippen LogP contribution is -2.57. The average molecular weight is 325 g/mol. The van der Waals surface area contributed by atoms with Gasteiger partial charge in [-0.25, -0.2) is 0 Å². The van der Waals surface area contributed by atoms with E-state index >= 15 is 0 Å². The number of nitrogens with one attached hydrogen (secondary N) is 1. The maximum Gasteiger partial charge on any atom is 0.0400 e. The quantitative estimate of drug-likeness (QED) is 0.905. The van der Waals surface area contributed by atoms with Crippen molar-refractivity contribution in [1.29, 1.82) is 0 Å². The molecule has 3 atom stereocenters. The lowest BCUT2D eigenvalue weighted by molar-refractivity contribution is 0.315. The molecule has 1 saturated heterocycles. The van der Waals surface area contributed by atoms with Crippen LogP contribution in [-0.4, -0.2) is 25.2 Å². The first kappa shape index (κ1) is 14.9. The van der Waals surface area contributed by atoms with Gasteiger partial charge in [-0.3, -0.25) is 0 Å². The molecule has 3 heteroatoms. The largest absolute Gasteiger partial charge is 0.366 e. The molecule has 0 radical (unpaired) electrons. The average Bonchev–Trinajstić information content (AvgIpc) is 2.39. The van der Waals surface area contributed by atoms with E-state index in [1.54, 1.807) is 0 Å². The van der Waals surface area contributed by atoms with Crippen molar-refractivity contribution < 1.29 is 0 Å². The van der Waals surface area contributed by atoms with Crippen molar-refractivity contribution in [3.8, 4) is 0 Å². The highest BCUT2D eigenvalue weighted by molar-refractivity contribution is 9.10. The van der Waals surface area contributed by atoms with Crippen LogP contribution in [0.15, 0.2) is 22.7 Å². The molecule has 3 unspecified atom stereocenters. The first-order valence-electron chi connectivity index (χ1n) is 7.29. The molecule has 1 aromatic rings. The zero-order valence-corrected chi connectivity index (χ0v) is 14.0. The summed E-state index contributed by atoms with van der Waals surface area (Å²) in [6.07, 6.45) is 1.24. The van der Waals surface area contributed by atoms with Gasteiger partial charge in [0.1, 0.15) is 0 Å². The molecular weight excluding hydrogens is 300 g/mol. The topological polar surface area (TPSA) is 15.3 Å². The molecule has 1 N–H and O–H groups in total. The summed E-state index contributed by atoms with van der Waals surface area (Å²) >= 11 is 3.55. The predicted molar refractivity (Wildman–Crippen MR) is 86.9 cm³/mol. The lowest BCUT2D eigenvalue weighted by atomic mass is 9.95. The van der Waals surface area contributed by atoms with Crippen LogP contribution in [-0.2, 0) is 0 Å². The van der Waals surface area contributed by atoms with E-state index in [4.69, 9.17) is 0 Å². The summed E-state index contributed by atoms with van der Waals surface area (Å²) in [6.45, 7) is 11.3. The Labute approximate surface area is 125 Å². The number of nitrogens with zero attached hydrogens (tertiary/aromatic N) is 1.